The van der Waals surface area contributed by atoms with Gasteiger partial charge in [-0.15, -0.1) is 0 Å². The van der Waals surface area contributed by atoms with Crippen molar-refractivity contribution in [2.24, 2.45) is 0 Å². The highest BCUT2D eigenvalue weighted by Crippen LogP contribution is 2.47. The maximum atomic E-state index is 9.51. The van der Waals surface area contributed by atoms with E-state index < -0.39 is 155 Å². The normalized spacial score (nSPS) is 18.0. The molecule has 0 aliphatic rings. The third-order valence-electron chi connectivity index (χ3n) is 8.38. The fraction of sp³-hybridized carbons (Fsp3) is 0. The molecule has 1 aromatic heterocycles. The zero-order valence-electron chi connectivity index (χ0n) is 47.0. The highest BCUT2D eigenvalue weighted by Gasteiger charge is 2.20. The molecule has 0 spiro atoms. The molecule has 0 N–H and O–H groups in total. The van der Waals surface area contributed by atoms with Gasteiger partial charge in [-0.1, -0.05) is 163 Å². The summed E-state index contributed by atoms with van der Waals surface area (Å²) in [6, 6.07) is -2.18. The van der Waals surface area contributed by atoms with Gasteiger partial charge in [0.2, 0.25) is 0 Å². The second kappa shape index (κ2) is 11.1. The lowest BCUT2D eigenvalue weighted by Crippen LogP contribution is -1.91. The van der Waals surface area contributed by atoms with Gasteiger partial charge >= 0.3 is 0 Å². The van der Waals surface area contributed by atoms with E-state index in [2.05, 4.69) is 0 Å². The molecule has 0 saturated heterocycles. The first-order valence-corrected chi connectivity index (χ1v) is 15.1. The van der Waals surface area contributed by atoms with Gasteiger partial charge in [0.1, 0.15) is 11.2 Å². The van der Waals surface area contributed by atoms with E-state index in [4.69, 9.17) is 26.3 Å². The van der Waals surface area contributed by atoms with Gasteiger partial charge in [-0.2, -0.15) is 0 Å². The van der Waals surface area contributed by atoms with E-state index in [1.807, 2.05) is 0 Å². The van der Waals surface area contributed by atoms with E-state index in [1.54, 1.807) is 48.5 Å². The summed E-state index contributed by atoms with van der Waals surface area (Å²) in [4.78, 5) is 0. The Morgan fingerprint density at radius 3 is 1.45 bits per heavy atom. The van der Waals surface area contributed by atoms with Gasteiger partial charge in [0.15, 0.2) is 0 Å². The molecule has 0 atom stereocenters. The van der Waals surface area contributed by atoms with Crippen LogP contribution < -0.4 is 0 Å². The molecule has 0 saturated carbocycles. The SMILES string of the molecule is [2H]c1c([2H])c([2H])c(-c2c([2H])c([2H])c(-c3c([2H])c([2H])c(-c4c5ccccc5c(-c5c([2H])c([2H])c([2H])c6oc7c([2H])c8c([2H])c([2H])c([2H])c([2H])c8c([2H])c7c56)c5ccccc45)c([2H])c3[2H])c([2H])c2[2H])c([2H])c1[2H]. The molecule has 0 radical (unpaired) electrons. The quantitative estimate of drug-likeness (QED) is 0.174. The van der Waals surface area contributed by atoms with Gasteiger partial charge in [-0.3, -0.25) is 0 Å². The summed E-state index contributed by atoms with van der Waals surface area (Å²) in [5.74, 6) is 0. The summed E-state index contributed by atoms with van der Waals surface area (Å²) < 4.78 is 201. The minimum atomic E-state index is -0.861. The second-order valence-corrected chi connectivity index (χ2v) is 11.1. The Hall–Kier alpha value is -6.44. The summed E-state index contributed by atoms with van der Waals surface area (Å²) >= 11 is 0. The third-order valence-corrected chi connectivity index (χ3v) is 8.38. The molecular weight excluding hydrogens is 593 g/mol. The molecule has 0 bridgehead atoms. The summed E-state index contributed by atoms with van der Waals surface area (Å²) in [5.41, 5.74) is -3.00. The van der Waals surface area contributed by atoms with Gasteiger partial charge < -0.3 is 4.42 Å². The van der Waals surface area contributed by atoms with Gasteiger partial charge in [0, 0.05) is 10.8 Å². The van der Waals surface area contributed by atoms with Crippen LogP contribution in [0.5, 0.6) is 0 Å². The Balaban J connectivity index is 1.29. The molecule has 10 rings (SSSR count). The van der Waals surface area contributed by atoms with Crippen molar-refractivity contribution >= 4 is 54.3 Å². The molecule has 1 nitrogen and oxygen atoms in total. The Labute approximate surface area is 315 Å². The first-order chi connectivity index (χ1) is 33.5. The van der Waals surface area contributed by atoms with Crippen molar-refractivity contribution in [3.63, 3.8) is 0 Å². The summed E-state index contributed by atoms with van der Waals surface area (Å²) in [5, 5.41) is 0.387. The lowest BCUT2D eigenvalue weighted by Gasteiger charge is -2.18. The van der Waals surface area contributed by atoms with Crippen LogP contribution in [0.4, 0.5) is 0 Å². The molecule has 9 aromatic carbocycles. The van der Waals surface area contributed by atoms with Crippen LogP contribution in [0.1, 0.15) is 30.2 Å². The summed E-state index contributed by atoms with van der Waals surface area (Å²) in [7, 11) is 0. The van der Waals surface area contributed by atoms with Crippen LogP contribution in [-0.2, 0) is 0 Å². The fourth-order valence-corrected chi connectivity index (χ4v) is 6.27. The average molecular weight is 645 g/mol. The predicted octanol–water partition coefficient (Wildman–Crippen LogP) is 13.7. The van der Waals surface area contributed by atoms with Crippen molar-refractivity contribution in [1.82, 2.24) is 0 Å². The van der Waals surface area contributed by atoms with Gasteiger partial charge in [-0.05, 0) is 95.0 Å². The number of furan rings is 1. The van der Waals surface area contributed by atoms with Crippen LogP contribution in [-0.4, -0.2) is 0 Å². The largest absolute Gasteiger partial charge is 0.456 e. The van der Waals surface area contributed by atoms with Crippen molar-refractivity contribution in [2.45, 2.75) is 0 Å². The lowest BCUT2D eigenvalue weighted by atomic mass is 9.84. The van der Waals surface area contributed by atoms with Crippen LogP contribution in [0.2, 0.25) is 0 Å². The Morgan fingerprint density at radius 2 is 0.857 bits per heavy atom. The highest BCUT2D eigenvalue weighted by atomic mass is 16.3. The molecule has 0 unspecified atom stereocenters. The van der Waals surface area contributed by atoms with E-state index in [0.29, 0.717) is 10.8 Å². The molecule has 0 aliphatic heterocycles. The monoisotopic (exact) mass is 644 g/mol. The maximum absolute atomic E-state index is 9.51. The topological polar surface area (TPSA) is 13.1 Å². The van der Waals surface area contributed by atoms with Crippen LogP contribution >= 0.6 is 0 Å². The number of rotatable bonds is 4. The molecule has 1 heterocycles. The fourth-order valence-electron chi connectivity index (χ4n) is 6.27. The zero-order valence-corrected chi connectivity index (χ0v) is 25.0. The second-order valence-electron chi connectivity index (χ2n) is 11.1. The van der Waals surface area contributed by atoms with E-state index >= 15 is 0 Å². The first-order valence-electron chi connectivity index (χ1n) is 26.1. The predicted molar refractivity (Wildman–Crippen MR) is 208 cm³/mol. The molecule has 0 fully saturated rings. The lowest BCUT2D eigenvalue weighted by molar-refractivity contribution is 0.669. The Morgan fingerprint density at radius 1 is 0.367 bits per heavy atom. The van der Waals surface area contributed by atoms with E-state index in [0.717, 1.165) is 0 Å². The molecule has 0 aliphatic carbocycles. The molecule has 0 amide bonds. The first kappa shape index (κ1) is 13.6. The Bertz CT molecular complexity index is 4000. The van der Waals surface area contributed by atoms with Crippen LogP contribution in [0.15, 0.2) is 186 Å². The molecule has 1 heteroatoms. The highest BCUT2D eigenvalue weighted by molar-refractivity contribution is 6.26. The number of hydrogen-bond acceptors (Lipinski definition) is 1. The Kier molecular flexibility index (Phi) is 3.07. The van der Waals surface area contributed by atoms with Crippen LogP contribution in [0.3, 0.4) is 0 Å². The average Bonchev–Trinajstić information content (AvgIpc) is 3.76. The molecule has 228 valence electrons. The van der Waals surface area contributed by atoms with Gasteiger partial charge in [0.25, 0.3) is 0 Å². The van der Waals surface area contributed by atoms with Crippen molar-refractivity contribution < 1.29 is 34.6 Å². The standard InChI is InChI=1S/C48H30O/c1-2-11-31(12-3-1)32-21-23-33(24-22-32)34-25-27-35(28-26-34)46-38-15-6-8-17-40(38)47(41-18-9-7-16-39(41)46)42-19-10-20-44-48(42)43-29-36-13-4-5-14-37(36)30-45(43)49-44/h1-30H/i1D,2D,3D,4D,5D,10D,11D,12D,13D,14D,19D,20D,21D,22D,23D,24D,25D,26D,27D,28D,29D,30D. The van der Waals surface area contributed by atoms with E-state index in [1.165, 1.54) is 0 Å². The van der Waals surface area contributed by atoms with E-state index in [-0.39, 0.29) is 65.7 Å². The maximum Gasteiger partial charge on any atom is 0.136 e. The number of hydrogen-bond donors (Lipinski definition) is 0. The van der Waals surface area contributed by atoms with Crippen molar-refractivity contribution in [1.29, 1.82) is 0 Å². The molecule has 49 heavy (non-hydrogen) atoms. The number of fused-ring (bicyclic) bond motifs is 6. The summed E-state index contributed by atoms with van der Waals surface area (Å²) in [6.07, 6.45) is 0. The van der Waals surface area contributed by atoms with Crippen molar-refractivity contribution in [2.75, 3.05) is 0 Å². The number of benzene rings is 9. The third kappa shape index (κ3) is 4.47. The summed E-state index contributed by atoms with van der Waals surface area (Å²) in [6.45, 7) is 0. The van der Waals surface area contributed by atoms with E-state index in [9.17, 15) is 8.22 Å². The van der Waals surface area contributed by atoms with Gasteiger partial charge in [0.05, 0.1) is 30.2 Å². The van der Waals surface area contributed by atoms with Gasteiger partial charge in [-0.25, -0.2) is 0 Å². The molecule has 10 aromatic rings. The molecular formula is C48H30O. The van der Waals surface area contributed by atoms with Crippen molar-refractivity contribution in [3.8, 4) is 44.5 Å². The zero-order chi connectivity index (χ0) is 51.5. The minimum Gasteiger partial charge on any atom is -0.456 e. The van der Waals surface area contributed by atoms with Crippen molar-refractivity contribution in [3.05, 3.63) is 181 Å². The van der Waals surface area contributed by atoms with Crippen LogP contribution in [0, 0.1) is 0 Å². The minimum absolute atomic E-state index is 0.0444. The van der Waals surface area contributed by atoms with Crippen LogP contribution in [0.25, 0.3) is 98.8 Å². The smallest absolute Gasteiger partial charge is 0.136 e.